The van der Waals surface area contributed by atoms with Crippen molar-refractivity contribution < 1.29 is 9.13 Å². The number of benzene rings is 1. The Hall–Kier alpha value is -0.910. The predicted octanol–water partition coefficient (Wildman–Crippen LogP) is 4.43. The molecule has 0 fully saturated rings. The molecular formula is C14H15BrFNOS. The van der Waals surface area contributed by atoms with Crippen LogP contribution >= 0.6 is 27.3 Å². The topological polar surface area (TPSA) is 35.2 Å². The van der Waals surface area contributed by atoms with Crippen molar-refractivity contribution in [1.82, 2.24) is 0 Å². The van der Waals surface area contributed by atoms with Crippen molar-refractivity contribution in [2.75, 3.05) is 0 Å². The van der Waals surface area contributed by atoms with Crippen molar-refractivity contribution in [2.45, 2.75) is 26.0 Å². The van der Waals surface area contributed by atoms with E-state index in [0.717, 1.165) is 10.4 Å². The van der Waals surface area contributed by atoms with Gasteiger partial charge in [0.1, 0.15) is 17.7 Å². The monoisotopic (exact) mass is 343 g/mol. The predicted molar refractivity (Wildman–Crippen MR) is 80.2 cm³/mol. The highest BCUT2D eigenvalue weighted by molar-refractivity contribution is 9.10. The molecule has 0 saturated heterocycles. The Morgan fingerprint density at radius 2 is 2.11 bits per heavy atom. The molecule has 1 aromatic heterocycles. The second kappa shape index (κ2) is 6.03. The minimum atomic E-state index is -0.344. The van der Waals surface area contributed by atoms with Crippen LogP contribution in [0.3, 0.4) is 0 Å². The van der Waals surface area contributed by atoms with E-state index in [1.807, 2.05) is 25.3 Å². The van der Waals surface area contributed by atoms with Gasteiger partial charge in [-0.15, -0.1) is 11.3 Å². The second-order valence-electron chi connectivity index (χ2n) is 4.44. The summed E-state index contributed by atoms with van der Waals surface area (Å²) in [7, 11) is 0. The van der Waals surface area contributed by atoms with Crippen LogP contribution in [0.25, 0.3) is 0 Å². The first-order valence-electron chi connectivity index (χ1n) is 5.90. The molecule has 0 bridgehead atoms. The first kappa shape index (κ1) is 14.5. The molecule has 0 aliphatic rings. The quantitative estimate of drug-likeness (QED) is 0.891. The number of nitrogens with two attached hydrogens (primary N) is 1. The summed E-state index contributed by atoms with van der Waals surface area (Å²) in [5.74, 6) is 0.139. The summed E-state index contributed by atoms with van der Waals surface area (Å²) in [6, 6.07) is 6.57. The first-order chi connectivity index (χ1) is 8.99. The summed E-state index contributed by atoms with van der Waals surface area (Å²) in [4.78, 5) is 1.08. The van der Waals surface area contributed by atoms with Crippen molar-refractivity contribution in [3.8, 4) is 5.75 Å². The highest BCUT2D eigenvalue weighted by atomic mass is 79.9. The van der Waals surface area contributed by atoms with Crippen LogP contribution in [0.15, 0.2) is 34.1 Å². The number of halogens is 2. The molecule has 0 spiro atoms. The molecule has 0 amide bonds. The van der Waals surface area contributed by atoms with Crippen LogP contribution in [-0.2, 0) is 0 Å². The molecule has 0 saturated carbocycles. The van der Waals surface area contributed by atoms with E-state index in [1.54, 1.807) is 23.5 Å². The molecule has 0 aliphatic heterocycles. The lowest BCUT2D eigenvalue weighted by atomic mass is 10.1. The van der Waals surface area contributed by atoms with Gasteiger partial charge in [0.05, 0.1) is 4.47 Å². The summed E-state index contributed by atoms with van der Waals surface area (Å²) < 4.78 is 19.8. The van der Waals surface area contributed by atoms with Crippen molar-refractivity contribution in [2.24, 2.45) is 5.73 Å². The number of hydrogen-bond acceptors (Lipinski definition) is 3. The molecule has 2 N–H and O–H groups in total. The molecule has 1 heterocycles. The summed E-state index contributed by atoms with van der Waals surface area (Å²) >= 11 is 4.73. The number of hydrogen-bond donors (Lipinski definition) is 1. The zero-order chi connectivity index (χ0) is 14.0. The zero-order valence-electron chi connectivity index (χ0n) is 10.7. The smallest absolute Gasteiger partial charge is 0.148 e. The molecule has 1 aromatic carbocycles. The van der Waals surface area contributed by atoms with E-state index < -0.39 is 0 Å². The average molecular weight is 344 g/mol. The van der Waals surface area contributed by atoms with Gasteiger partial charge in [0.2, 0.25) is 0 Å². The molecule has 5 heteroatoms. The number of aryl methyl sites for hydroxylation is 1. The van der Waals surface area contributed by atoms with Crippen LogP contribution in [0, 0.1) is 12.7 Å². The summed E-state index contributed by atoms with van der Waals surface area (Å²) in [6.45, 7) is 3.91. The van der Waals surface area contributed by atoms with E-state index >= 15 is 0 Å². The van der Waals surface area contributed by atoms with E-state index in [2.05, 4.69) is 15.9 Å². The third-order valence-corrected chi connectivity index (χ3v) is 4.52. The molecule has 102 valence electrons. The Bertz CT molecular complexity index is 570. The minimum absolute atomic E-state index is 0.177. The molecule has 2 unspecified atom stereocenters. The largest absolute Gasteiger partial charge is 0.483 e. The van der Waals surface area contributed by atoms with Crippen molar-refractivity contribution in [3.63, 3.8) is 0 Å². The molecule has 2 aromatic rings. The van der Waals surface area contributed by atoms with Gasteiger partial charge >= 0.3 is 0 Å². The minimum Gasteiger partial charge on any atom is -0.483 e. The van der Waals surface area contributed by atoms with E-state index in [-0.39, 0.29) is 18.0 Å². The van der Waals surface area contributed by atoms with Crippen LogP contribution in [0.2, 0.25) is 0 Å². The molecule has 2 rings (SSSR count). The third kappa shape index (κ3) is 3.35. The van der Waals surface area contributed by atoms with Crippen LogP contribution in [-0.4, -0.2) is 6.04 Å². The number of thiophene rings is 1. The Morgan fingerprint density at radius 3 is 2.63 bits per heavy atom. The highest BCUT2D eigenvalue weighted by Gasteiger charge is 2.21. The highest BCUT2D eigenvalue weighted by Crippen LogP contribution is 2.31. The molecule has 19 heavy (non-hydrogen) atoms. The lowest BCUT2D eigenvalue weighted by molar-refractivity contribution is 0.183. The molecule has 0 radical (unpaired) electrons. The standard InChI is InChI=1S/C14H15BrFNOS/c1-8-5-6-19-14(8)13(9(2)17)18-10-3-4-11(15)12(16)7-10/h3-7,9,13H,17H2,1-2H3. The van der Waals surface area contributed by atoms with Gasteiger partial charge in [-0.3, -0.25) is 0 Å². The van der Waals surface area contributed by atoms with E-state index in [9.17, 15) is 4.39 Å². The summed E-state index contributed by atoms with van der Waals surface area (Å²) in [5, 5.41) is 2.01. The fourth-order valence-electron chi connectivity index (χ4n) is 1.77. The lowest BCUT2D eigenvalue weighted by Gasteiger charge is -2.22. The molecular weight excluding hydrogens is 329 g/mol. The number of rotatable bonds is 4. The Morgan fingerprint density at radius 1 is 1.37 bits per heavy atom. The van der Waals surface area contributed by atoms with Gasteiger partial charge in [0.15, 0.2) is 0 Å². The molecule has 0 aliphatic carbocycles. The fraction of sp³-hybridized carbons (Fsp3) is 0.286. The summed E-state index contributed by atoms with van der Waals surface area (Å²) in [6.07, 6.45) is -0.263. The zero-order valence-corrected chi connectivity index (χ0v) is 13.1. The van der Waals surface area contributed by atoms with Crippen LogP contribution in [0.4, 0.5) is 4.39 Å². The Kier molecular flexibility index (Phi) is 4.60. The third-order valence-electron chi connectivity index (χ3n) is 2.79. The van der Waals surface area contributed by atoms with E-state index in [1.165, 1.54) is 6.07 Å². The van der Waals surface area contributed by atoms with Gasteiger partial charge in [-0.05, 0) is 58.9 Å². The molecule has 2 atom stereocenters. The van der Waals surface area contributed by atoms with Crippen LogP contribution in [0.5, 0.6) is 5.75 Å². The SMILES string of the molecule is Cc1ccsc1C(Oc1ccc(Br)c(F)c1)C(C)N. The fourth-order valence-corrected chi connectivity index (χ4v) is 3.09. The first-order valence-corrected chi connectivity index (χ1v) is 7.57. The molecule has 2 nitrogen and oxygen atoms in total. The van der Waals surface area contributed by atoms with E-state index in [0.29, 0.717) is 10.2 Å². The second-order valence-corrected chi connectivity index (χ2v) is 6.24. The van der Waals surface area contributed by atoms with Crippen molar-refractivity contribution >= 4 is 27.3 Å². The van der Waals surface area contributed by atoms with E-state index in [4.69, 9.17) is 10.5 Å². The summed E-state index contributed by atoms with van der Waals surface area (Å²) in [5.41, 5.74) is 7.13. The van der Waals surface area contributed by atoms with Gasteiger partial charge in [-0.25, -0.2) is 4.39 Å². The van der Waals surface area contributed by atoms with Gasteiger partial charge in [0, 0.05) is 17.0 Å². The van der Waals surface area contributed by atoms with Crippen molar-refractivity contribution in [1.29, 1.82) is 0 Å². The average Bonchev–Trinajstić information content (AvgIpc) is 2.76. The number of ether oxygens (including phenoxy) is 1. The van der Waals surface area contributed by atoms with Gasteiger partial charge < -0.3 is 10.5 Å². The maximum atomic E-state index is 13.5. The lowest BCUT2D eigenvalue weighted by Crippen LogP contribution is -2.28. The maximum absolute atomic E-state index is 13.5. The van der Waals surface area contributed by atoms with Gasteiger partial charge in [-0.2, -0.15) is 0 Å². The van der Waals surface area contributed by atoms with Gasteiger partial charge in [0.25, 0.3) is 0 Å². The Balaban J connectivity index is 2.27. The Labute approximate surface area is 124 Å². The van der Waals surface area contributed by atoms with Crippen LogP contribution in [0.1, 0.15) is 23.5 Å². The normalized spacial score (nSPS) is 14.2. The maximum Gasteiger partial charge on any atom is 0.148 e. The van der Waals surface area contributed by atoms with Gasteiger partial charge in [-0.1, -0.05) is 0 Å². The van der Waals surface area contributed by atoms with Crippen molar-refractivity contribution in [3.05, 3.63) is 50.4 Å². The van der Waals surface area contributed by atoms with Crippen LogP contribution < -0.4 is 10.5 Å².